The number of aromatic nitrogens is 1. The van der Waals surface area contributed by atoms with E-state index in [0.717, 1.165) is 24.2 Å². The van der Waals surface area contributed by atoms with Gasteiger partial charge in [0.15, 0.2) is 5.43 Å². The number of hydrogen-bond acceptors (Lipinski definition) is 2. The van der Waals surface area contributed by atoms with Crippen molar-refractivity contribution in [2.24, 2.45) is 0 Å². The topological polar surface area (TPSA) is 42.1 Å². The quantitative estimate of drug-likeness (QED) is 0.854. The lowest BCUT2D eigenvalue weighted by Crippen LogP contribution is -2.12. The van der Waals surface area contributed by atoms with Crippen molar-refractivity contribution in [1.29, 1.82) is 0 Å². The Balaban J connectivity index is 2.39. The first-order valence-corrected chi connectivity index (χ1v) is 5.92. The van der Waals surface area contributed by atoms with Crippen molar-refractivity contribution in [2.75, 3.05) is 0 Å². The Bertz CT molecular complexity index is 427. The molecule has 4 heteroatoms. The fourth-order valence-electron chi connectivity index (χ4n) is 1.93. The second kappa shape index (κ2) is 4.10. The Morgan fingerprint density at radius 2 is 2.27 bits per heavy atom. The third-order valence-electron chi connectivity index (χ3n) is 2.69. The summed E-state index contributed by atoms with van der Waals surface area (Å²) < 4.78 is 6.34. The fourth-order valence-corrected chi connectivity index (χ4v) is 2.40. The summed E-state index contributed by atoms with van der Waals surface area (Å²) in [6.45, 7) is 3.94. The van der Waals surface area contributed by atoms with Gasteiger partial charge in [0.1, 0.15) is 0 Å². The van der Waals surface area contributed by atoms with Gasteiger partial charge >= 0.3 is 0 Å². The summed E-state index contributed by atoms with van der Waals surface area (Å²) in [6, 6.07) is 1.59. The lowest BCUT2D eigenvalue weighted by molar-refractivity contribution is 0.0524. The van der Waals surface area contributed by atoms with E-state index in [9.17, 15) is 4.79 Å². The molecule has 0 amide bonds. The lowest BCUT2D eigenvalue weighted by Gasteiger charge is -2.13. The third-order valence-corrected chi connectivity index (χ3v) is 3.50. The van der Waals surface area contributed by atoms with Crippen molar-refractivity contribution < 1.29 is 4.74 Å². The largest absolute Gasteiger partial charge is 0.369 e. The van der Waals surface area contributed by atoms with Gasteiger partial charge in [-0.15, -0.1) is 0 Å². The fraction of sp³-hybridized carbons (Fsp3) is 0.545. The van der Waals surface area contributed by atoms with E-state index >= 15 is 0 Å². The molecule has 1 N–H and O–H groups in total. The molecule has 3 nitrogen and oxygen atoms in total. The number of halogens is 1. The van der Waals surface area contributed by atoms with Crippen LogP contribution in [0.5, 0.6) is 0 Å². The molecule has 82 valence electrons. The SMILES string of the molecule is Cc1cc(=O)c(Br)c(C2CCC(C)O2)[nH]1. The van der Waals surface area contributed by atoms with Gasteiger partial charge in [-0.2, -0.15) is 0 Å². The predicted molar refractivity (Wildman–Crippen MR) is 62.0 cm³/mol. The predicted octanol–water partition coefficient (Wildman–Crippen LogP) is 2.69. The molecule has 1 aromatic heterocycles. The summed E-state index contributed by atoms with van der Waals surface area (Å²) in [5, 5.41) is 0. The average Bonchev–Trinajstić information content (AvgIpc) is 2.58. The molecule has 1 aliphatic heterocycles. The van der Waals surface area contributed by atoms with Crippen molar-refractivity contribution in [3.05, 3.63) is 32.2 Å². The summed E-state index contributed by atoms with van der Waals surface area (Å²) in [5.74, 6) is 0. The second-order valence-corrected chi connectivity index (χ2v) is 4.85. The van der Waals surface area contributed by atoms with Gasteiger partial charge in [0.2, 0.25) is 0 Å². The molecule has 1 fully saturated rings. The Hall–Kier alpha value is -0.610. The van der Waals surface area contributed by atoms with Gasteiger partial charge in [0, 0.05) is 11.8 Å². The first kappa shape index (κ1) is 10.9. The number of hydrogen-bond donors (Lipinski definition) is 1. The summed E-state index contributed by atoms with van der Waals surface area (Å²) in [5.41, 5.74) is 1.77. The van der Waals surface area contributed by atoms with Crippen molar-refractivity contribution in [3.63, 3.8) is 0 Å². The highest BCUT2D eigenvalue weighted by atomic mass is 79.9. The molecule has 0 spiro atoms. The smallest absolute Gasteiger partial charge is 0.196 e. The minimum absolute atomic E-state index is 0.0180. The van der Waals surface area contributed by atoms with E-state index in [1.807, 2.05) is 6.92 Å². The van der Waals surface area contributed by atoms with Crippen molar-refractivity contribution >= 4 is 15.9 Å². The van der Waals surface area contributed by atoms with Crippen LogP contribution in [0, 0.1) is 6.92 Å². The zero-order valence-electron chi connectivity index (χ0n) is 8.84. The van der Waals surface area contributed by atoms with Crippen LogP contribution in [0.4, 0.5) is 0 Å². The van der Waals surface area contributed by atoms with Crippen LogP contribution < -0.4 is 5.43 Å². The Morgan fingerprint density at radius 3 is 2.87 bits per heavy atom. The van der Waals surface area contributed by atoms with E-state index in [2.05, 4.69) is 27.8 Å². The summed E-state index contributed by atoms with van der Waals surface area (Å²) >= 11 is 3.32. The molecular formula is C11H14BrNO2. The minimum atomic E-state index is 0.0180. The maximum absolute atomic E-state index is 11.6. The maximum Gasteiger partial charge on any atom is 0.196 e. The highest BCUT2D eigenvalue weighted by Crippen LogP contribution is 2.33. The average molecular weight is 272 g/mol. The molecule has 2 unspecified atom stereocenters. The standard InChI is InChI=1S/C11H14BrNO2/c1-6-5-8(14)10(12)11(13-6)9-4-3-7(2)15-9/h5,7,9H,3-4H2,1-2H3,(H,13,14). The number of H-pyrrole nitrogens is 1. The first-order chi connectivity index (χ1) is 7.08. The minimum Gasteiger partial charge on any atom is -0.369 e. The van der Waals surface area contributed by atoms with Crippen molar-refractivity contribution in [2.45, 2.75) is 38.9 Å². The van der Waals surface area contributed by atoms with Gasteiger partial charge in [-0.1, -0.05) is 0 Å². The van der Waals surface area contributed by atoms with E-state index in [1.165, 1.54) is 0 Å². The highest BCUT2D eigenvalue weighted by molar-refractivity contribution is 9.10. The van der Waals surface area contributed by atoms with Crippen LogP contribution in [0.15, 0.2) is 15.3 Å². The molecule has 1 aromatic rings. The maximum atomic E-state index is 11.6. The molecular weight excluding hydrogens is 258 g/mol. The summed E-state index contributed by atoms with van der Waals surface area (Å²) in [4.78, 5) is 14.8. The molecule has 2 heterocycles. The van der Waals surface area contributed by atoms with Crippen LogP contribution in [0.1, 0.15) is 37.3 Å². The second-order valence-electron chi connectivity index (χ2n) is 4.06. The van der Waals surface area contributed by atoms with E-state index < -0.39 is 0 Å². The van der Waals surface area contributed by atoms with E-state index in [4.69, 9.17) is 4.74 Å². The molecule has 1 saturated heterocycles. The Kier molecular flexibility index (Phi) is 2.98. The number of pyridine rings is 1. The zero-order valence-corrected chi connectivity index (χ0v) is 10.4. The van der Waals surface area contributed by atoms with E-state index in [1.54, 1.807) is 6.07 Å². The van der Waals surface area contributed by atoms with Gasteiger partial charge in [-0.05, 0) is 42.6 Å². The molecule has 0 aliphatic carbocycles. The Labute approximate surface area is 97.0 Å². The van der Waals surface area contributed by atoms with Crippen LogP contribution in [0.2, 0.25) is 0 Å². The number of rotatable bonds is 1. The molecule has 2 rings (SSSR count). The van der Waals surface area contributed by atoms with E-state index in [-0.39, 0.29) is 17.6 Å². The van der Waals surface area contributed by atoms with Gasteiger partial charge in [0.25, 0.3) is 0 Å². The Morgan fingerprint density at radius 1 is 1.53 bits per heavy atom. The van der Waals surface area contributed by atoms with Gasteiger partial charge < -0.3 is 9.72 Å². The van der Waals surface area contributed by atoms with Crippen molar-refractivity contribution in [1.82, 2.24) is 4.98 Å². The normalized spacial score (nSPS) is 25.8. The molecule has 0 bridgehead atoms. The van der Waals surface area contributed by atoms with Gasteiger partial charge in [0.05, 0.1) is 22.4 Å². The molecule has 2 atom stereocenters. The monoisotopic (exact) mass is 271 g/mol. The van der Waals surface area contributed by atoms with Crippen LogP contribution in [-0.2, 0) is 4.74 Å². The van der Waals surface area contributed by atoms with Gasteiger partial charge in [-0.3, -0.25) is 4.79 Å². The molecule has 1 aliphatic rings. The van der Waals surface area contributed by atoms with Crippen molar-refractivity contribution in [3.8, 4) is 0 Å². The van der Waals surface area contributed by atoms with Crippen LogP contribution >= 0.6 is 15.9 Å². The molecule has 0 radical (unpaired) electrons. The van der Waals surface area contributed by atoms with E-state index in [0.29, 0.717) is 4.47 Å². The summed E-state index contributed by atoms with van der Waals surface area (Å²) in [6.07, 6.45) is 2.33. The number of aromatic amines is 1. The third kappa shape index (κ3) is 2.16. The summed E-state index contributed by atoms with van der Waals surface area (Å²) in [7, 11) is 0. The molecule has 0 aromatic carbocycles. The highest BCUT2D eigenvalue weighted by Gasteiger charge is 2.26. The molecule has 0 saturated carbocycles. The lowest BCUT2D eigenvalue weighted by atomic mass is 10.1. The van der Waals surface area contributed by atoms with Crippen LogP contribution in [-0.4, -0.2) is 11.1 Å². The van der Waals surface area contributed by atoms with Crippen LogP contribution in [0.3, 0.4) is 0 Å². The first-order valence-electron chi connectivity index (χ1n) is 5.12. The van der Waals surface area contributed by atoms with Crippen LogP contribution in [0.25, 0.3) is 0 Å². The number of aryl methyl sites for hydroxylation is 1. The number of ether oxygens (including phenoxy) is 1. The molecule has 15 heavy (non-hydrogen) atoms. The van der Waals surface area contributed by atoms with Gasteiger partial charge in [-0.25, -0.2) is 0 Å². The zero-order chi connectivity index (χ0) is 11.0. The number of nitrogens with one attached hydrogen (secondary N) is 1.